The maximum Gasteiger partial charge on any atom is 0.327 e. The molecule has 1 spiro atoms. The van der Waals surface area contributed by atoms with Crippen molar-refractivity contribution in [2.45, 2.75) is 51.6 Å². The molecule has 0 aliphatic carbocycles. The molecule has 35 heavy (non-hydrogen) atoms. The summed E-state index contributed by atoms with van der Waals surface area (Å²) in [5.74, 6) is 0.308. The van der Waals surface area contributed by atoms with Crippen molar-refractivity contribution in [2.24, 2.45) is 5.92 Å². The SMILES string of the molecule is CC(C)CN1C(=O)N(CCCc2cccnc2)C(=O)C12CCN(Cc1cc3ccccc3[nH]1)CC2. The Morgan fingerprint density at radius 1 is 1.09 bits per heavy atom. The second-order valence-corrected chi connectivity index (χ2v) is 10.4. The first-order valence-electron chi connectivity index (χ1n) is 12.8. The summed E-state index contributed by atoms with van der Waals surface area (Å²) in [4.78, 5) is 40.7. The maximum absolute atomic E-state index is 13.7. The molecule has 0 radical (unpaired) electrons. The molecule has 2 saturated heterocycles. The molecule has 7 heteroatoms. The Morgan fingerprint density at radius 3 is 2.60 bits per heavy atom. The standard InChI is InChI=1S/C28H35N5O2/c1-21(2)19-33-27(35)32(14-6-8-22-7-5-13-29-18-22)26(34)28(33)11-15-31(16-12-28)20-24-17-23-9-3-4-10-25(23)30-24/h3-5,7,9-10,13,17-18,21,30H,6,8,11-12,14-16,19-20H2,1-2H3. The monoisotopic (exact) mass is 473 g/mol. The Kier molecular flexibility index (Phi) is 6.60. The number of imide groups is 1. The topological polar surface area (TPSA) is 72.5 Å². The highest BCUT2D eigenvalue weighted by atomic mass is 16.2. The van der Waals surface area contributed by atoms with Gasteiger partial charge in [-0.3, -0.25) is 19.6 Å². The third-order valence-corrected chi connectivity index (χ3v) is 7.40. The fraction of sp³-hybridized carbons (Fsp3) is 0.464. The third-order valence-electron chi connectivity index (χ3n) is 7.40. The Hall–Kier alpha value is -3.19. The number of H-pyrrole nitrogens is 1. The average molecular weight is 474 g/mol. The number of pyridine rings is 1. The maximum atomic E-state index is 13.7. The molecule has 0 atom stereocenters. The number of urea groups is 1. The minimum Gasteiger partial charge on any atom is -0.357 e. The van der Waals surface area contributed by atoms with Crippen LogP contribution in [0.2, 0.25) is 0 Å². The number of rotatable bonds is 8. The summed E-state index contributed by atoms with van der Waals surface area (Å²) in [6.07, 6.45) is 6.53. The van der Waals surface area contributed by atoms with E-state index in [2.05, 4.69) is 53.0 Å². The Balaban J connectivity index is 1.26. The summed E-state index contributed by atoms with van der Waals surface area (Å²) >= 11 is 0. The fourth-order valence-corrected chi connectivity index (χ4v) is 5.61. The van der Waals surface area contributed by atoms with Crippen molar-refractivity contribution in [2.75, 3.05) is 26.2 Å². The summed E-state index contributed by atoms with van der Waals surface area (Å²) in [6.45, 7) is 7.72. The van der Waals surface area contributed by atoms with Gasteiger partial charge in [-0.2, -0.15) is 0 Å². The van der Waals surface area contributed by atoms with E-state index in [1.807, 2.05) is 29.3 Å². The van der Waals surface area contributed by atoms with Crippen molar-refractivity contribution in [3.8, 4) is 0 Å². The fourth-order valence-electron chi connectivity index (χ4n) is 5.61. The van der Waals surface area contributed by atoms with Crippen LogP contribution in [0.5, 0.6) is 0 Å². The molecule has 2 aliphatic rings. The molecule has 4 heterocycles. The van der Waals surface area contributed by atoms with Crippen molar-refractivity contribution < 1.29 is 9.59 Å². The number of para-hydroxylation sites is 1. The number of likely N-dealkylation sites (tertiary alicyclic amines) is 1. The van der Waals surface area contributed by atoms with E-state index < -0.39 is 5.54 Å². The smallest absolute Gasteiger partial charge is 0.327 e. The van der Waals surface area contributed by atoms with Gasteiger partial charge in [-0.15, -0.1) is 0 Å². The van der Waals surface area contributed by atoms with Crippen LogP contribution in [-0.2, 0) is 17.8 Å². The zero-order valence-corrected chi connectivity index (χ0v) is 20.7. The molecule has 2 aliphatic heterocycles. The highest BCUT2D eigenvalue weighted by Crippen LogP contribution is 2.38. The van der Waals surface area contributed by atoms with Gasteiger partial charge in [0.1, 0.15) is 5.54 Å². The average Bonchev–Trinajstić information content (AvgIpc) is 3.34. The highest BCUT2D eigenvalue weighted by Gasteiger charge is 2.57. The zero-order chi connectivity index (χ0) is 24.4. The van der Waals surface area contributed by atoms with E-state index in [4.69, 9.17) is 0 Å². The summed E-state index contributed by atoms with van der Waals surface area (Å²) in [5.41, 5.74) is 2.77. The molecule has 0 bridgehead atoms. The van der Waals surface area contributed by atoms with Gasteiger partial charge in [0, 0.05) is 56.3 Å². The number of hydrogen-bond donors (Lipinski definition) is 1. The predicted molar refractivity (Wildman–Crippen MR) is 137 cm³/mol. The van der Waals surface area contributed by atoms with E-state index in [0.717, 1.165) is 43.6 Å². The quantitative estimate of drug-likeness (QED) is 0.491. The zero-order valence-electron chi connectivity index (χ0n) is 20.7. The molecule has 1 N–H and O–H groups in total. The normalized spacial score (nSPS) is 18.5. The van der Waals surface area contributed by atoms with E-state index in [9.17, 15) is 9.59 Å². The van der Waals surface area contributed by atoms with Crippen LogP contribution in [0, 0.1) is 5.92 Å². The van der Waals surface area contributed by atoms with Gasteiger partial charge in [0.2, 0.25) is 0 Å². The van der Waals surface area contributed by atoms with Crippen molar-refractivity contribution in [1.29, 1.82) is 0 Å². The molecule has 3 amide bonds. The molecule has 1 aromatic carbocycles. The van der Waals surface area contributed by atoms with E-state index in [1.165, 1.54) is 16.0 Å². The van der Waals surface area contributed by atoms with E-state index in [1.54, 1.807) is 6.20 Å². The lowest BCUT2D eigenvalue weighted by Crippen LogP contribution is -2.57. The van der Waals surface area contributed by atoms with Gasteiger partial charge < -0.3 is 9.88 Å². The number of hydrogen-bond acceptors (Lipinski definition) is 4. The third kappa shape index (κ3) is 4.69. The number of nitrogens with zero attached hydrogens (tertiary/aromatic N) is 4. The van der Waals surface area contributed by atoms with Crippen LogP contribution >= 0.6 is 0 Å². The number of amides is 3. The predicted octanol–water partition coefficient (Wildman–Crippen LogP) is 4.45. The lowest BCUT2D eigenvalue weighted by Gasteiger charge is -2.42. The lowest BCUT2D eigenvalue weighted by atomic mass is 9.85. The number of aromatic amines is 1. The second-order valence-electron chi connectivity index (χ2n) is 10.4. The van der Waals surface area contributed by atoms with Crippen molar-refractivity contribution in [3.05, 3.63) is 66.1 Å². The molecular weight excluding hydrogens is 438 g/mol. The van der Waals surface area contributed by atoms with Crippen LogP contribution in [0.25, 0.3) is 10.9 Å². The van der Waals surface area contributed by atoms with Crippen molar-refractivity contribution in [1.82, 2.24) is 24.7 Å². The highest BCUT2D eigenvalue weighted by molar-refractivity contribution is 6.07. The number of carbonyl (C=O) groups excluding carboxylic acids is 2. The molecule has 184 valence electrons. The first kappa shape index (κ1) is 23.5. The Bertz CT molecular complexity index is 1150. The van der Waals surface area contributed by atoms with Crippen LogP contribution < -0.4 is 0 Å². The molecule has 5 rings (SSSR count). The van der Waals surface area contributed by atoms with Crippen LogP contribution in [0.4, 0.5) is 4.79 Å². The first-order chi connectivity index (χ1) is 17.0. The summed E-state index contributed by atoms with van der Waals surface area (Å²) in [7, 11) is 0. The number of aromatic nitrogens is 2. The van der Waals surface area contributed by atoms with E-state index >= 15 is 0 Å². The molecule has 2 aromatic heterocycles. The van der Waals surface area contributed by atoms with Gasteiger partial charge in [0.25, 0.3) is 5.91 Å². The van der Waals surface area contributed by atoms with Crippen LogP contribution in [0.15, 0.2) is 54.9 Å². The minimum atomic E-state index is -0.702. The number of piperidine rings is 1. The van der Waals surface area contributed by atoms with Gasteiger partial charge in [0.05, 0.1) is 0 Å². The van der Waals surface area contributed by atoms with Crippen molar-refractivity contribution >= 4 is 22.8 Å². The first-order valence-corrected chi connectivity index (χ1v) is 12.8. The van der Waals surface area contributed by atoms with Gasteiger partial charge in [0.15, 0.2) is 0 Å². The minimum absolute atomic E-state index is 0.000372. The van der Waals surface area contributed by atoms with E-state index in [0.29, 0.717) is 31.8 Å². The number of fused-ring (bicyclic) bond motifs is 1. The molecule has 0 unspecified atom stereocenters. The molecule has 3 aromatic rings. The molecule has 0 saturated carbocycles. The number of nitrogens with one attached hydrogen (secondary N) is 1. The van der Waals surface area contributed by atoms with Crippen LogP contribution in [0.3, 0.4) is 0 Å². The molecular formula is C28H35N5O2. The number of carbonyl (C=O) groups is 2. The van der Waals surface area contributed by atoms with Gasteiger partial charge in [-0.1, -0.05) is 38.1 Å². The van der Waals surface area contributed by atoms with Gasteiger partial charge >= 0.3 is 6.03 Å². The summed E-state index contributed by atoms with van der Waals surface area (Å²) in [6, 6.07) is 14.4. The Morgan fingerprint density at radius 2 is 1.89 bits per heavy atom. The second kappa shape index (κ2) is 9.82. The van der Waals surface area contributed by atoms with Crippen molar-refractivity contribution in [3.63, 3.8) is 0 Å². The van der Waals surface area contributed by atoms with Gasteiger partial charge in [-0.05, 0) is 60.7 Å². The number of benzene rings is 1. The van der Waals surface area contributed by atoms with Crippen LogP contribution in [0.1, 0.15) is 44.4 Å². The molecule has 2 fully saturated rings. The Labute approximate surface area is 207 Å². The van der Waals surface area contributed by atoms with Gasteiger partial charge in [-0.25, -0.2) is 4.79 Å². The summed E-state index contributed by atoms with van der Waals surface area (Å²) in [5, 5.41) is 1.22. The lowest BCUT2D eigenvalue weighted by molar-refractivity contribution is -0.135. The van der Waals surface area contributed by atoms with Crippen LogP contribution in [-0.4, -0.2) is 68.3 Å². The number of aryl methyl sites for hydroxylation is 1. The largest absolute Gasteiger partial charge is 0.357 e. The summed E-state index contributed by atoms with van der Waals surface area (Å²) < 4.78 is 0. The molecule has 7 nitrogen and oxygen atoms in total. The van der Waals surface area contributed by atoms with E-state index in [-0.39, 0.29) is 11.9 Å².